The monoisotopic (exact) mass is 735 g/mol. The SMILES string of the molecule is O=[N+]([O-])c1cc(C(F)(F)F)ccc1N/N=C\c1cc(I)c(OCc2ccc(Cl)cc2Cl)c(I)c1. The van der Waals surface area contributed by atoms with Crippen molar-refractivity contribution in [1.29, 1.82) is 0 Å². The van der Waals surface area contributed by atoms with E-state index in [1.807, 2.05) is 0 Å². The Kier molecular flexibility index (Phi) is 8.87. The van der Waals surface area contributed by atoms with Crippen molar-refractivity contribution in [3.05, 3.63) is 92.5 Å². The first-order valence-corrected chi connectivity index (χ1v) is 12.1. The van der Waals surface area contributed by atoms with Crippen LogP contribution in [0, 0.1) is 17.3 Å². The summed E-state index contributed by atoms with van der Waals surface area (Å²) < 4.78 is 46.0. The average Bonchev–Trinajstić information content (AvgIpc) is 2.73. The van der Waals surface area contributed by atoms with E-state index in [4.69, 9.17) is 27.9 Å². The molecular weight excluding hydrogens is 724 g/mol. The number of benzene rings is 3. The van der Waals surface area contributed by atoms with Crippen molar-refractivity contribution in [2.24, 2.45) is 5.10 Å². The Hall–Kier alpha value is -1.84. The number of anilines is 1. The normalized spacial score (nSPS) is 11.6. The minimum Gasteiger partial charge on any atom is -0.487 e. The molecule has 0 saturated carbocycles. The minimum atomic E-state index is -4.69. The number of nitro benzene ring substituents is 1. The minimum absolute atomic E-state index is 0.168. The Balaban J connectivity index is 1.74. The number of nitrogens with zero attached hydrogens (tertiary/aromatic N) is 2. The topological polar surface area (TPSA) is 76.8 Å². The van der Waals surface area contributed by atoms with Crippen LogP contribution in [0.2, 0.25) is 10.0 Å². The van der Waals surface area contributed by atoms with Crippen LogP contribution >= 0.6 is 68.4 Å². The maximum absolute atomic E-state index is 12.8. The fraction of sp³-hybridized carbons (Fsp3) is 0.0952. The third-order valence-corrected chi connectivity index (χ3v) is 6.52. The van der Waals surface area contributed by atoms with Crippen molar-refractivity contribution < 1.29 is 22.8 Å². The number of nitrogens with one attached hydrogen (secondary N) is 1. The van der Waals surface area contributed by atoms with E-state index in [1.165, 1.54) is 6.21 Å². The van der Waals surface area contributed by atoms with Gasteiger partial charge >= 0.3 is 6.18 Å². The Morgan fingerprint density at radius 1 is 1.09 bits per heavy atom. The van der Waals surface area contributed by atoms with Gasteiger partial charge in [0, 0.05) is 21.7 Å². The molecule has 0 bridgehead atoms. The summed E-state index contributed by atoms with van der Waals surface area (Å²) in [5.74, 6) is 0.635. The molecular formula is C21H12Cl2F3I2N3O3. The number of hydrazone groups is 1. The zero-order valence-corrected chi connectivity index (χ0v) is 22.5. The predicted molar refractivity (Wildman–Crippen MR) is 142 cm³/mol. The maximum atomic E-state index is 12.8. The molecule has 34 heavy (non-hydrogen) atoms. The van der Waals surface area contributed by atoms with Gasteiger partial charge in [-0.3, -0.25) is 15.5 Å². The number of ether oxygens (including phenoxy) is 1. The van der Waals surface area contributed by atoms with Crippen molar-refractivity contribution in [2.75, 3.05) is 5.43 Å². The molecule has 3 rings (SSSR count). The number of hydrogen-bond donors (Lipinski definition) is 1. The highest BCUT2D eigenvalue weighted by Crippen LogP contribution is 2.35. The van der Waals surface area contributed by atoms with Crippen LogP contribution in [0.25, 0.3) is 0 Å². The van der Waals surface area contributed by atoms with E-state index in [2.05, 4.69) is 55.7 Å². The standard InChI is InChI=1S/C21H12Cl2F3I2N3O3/c22-14-3-1-12(15(23)8-14)10-34-20-16(27)5-11(6-17(20)28)9-29-30-18-4-2-13(21(24,25)26)7-19(18)31(32)33/h1-9,30H,10H2/b29-9-. The maximum Gasteiger partial charge on any atom is 0.416 e. The van der Waals surface area contributed by atoms with Crippen molar-refractivity contribution in [3.8, 4) is 5.75 Å². The molecule has 0 aliphatic rings. The summed E-state index contributed by atoms with van der Waals surface area (Å²) in [6, 6.07) is 10.8. The number of alkyl halides is 3. The highest BCUT2D eigenvalue weighted by Gasteiger charge is 2.33. The fourth-order valence-electron chi connectivity index (χ4n) is 2.71. The molecule has 3 aromatic rings. The largest absolute Gasteiger partial charge is 0.487 e. The molecule has 0 fully saturated rings. The average molecular weight is 736 g/mol. The molecule has 0 amide bonds. The lowest BCUT2D eigenvalue weighted by atomic mass is 10.1. The summed E-state index contributed by atoms with van der Waals surface area (Å²) in [6.07, 6.45) is -3.30. The van der Waals surface area contributed by atoms with E-state index >= 15 is 0 Å². The van der Waals surface area contributed by atoms with Crippen LogP contribution in [0.5, 0.6) is 5.75 Å². The second-order valence-electron chi connectivity index (χ2n) is 6.69. The zero-order valence-electron chi connectivity index (χ0n) is 16.7. The van der Waals surface area contributed by atoms with Gasteiger partial charge in [0.15, 0.2) is 0 Å². The van der Waals surface area contributed by atoms with Gasteiger partial charge in [0.2, 0.25) is 0 Å². The molecule has 0 unspecified atom stereocenters. The zero-order chi connectivity index (χ0) is 25.0. The molecule has 0 atom stereocenters. The van der Waals surface area contributed by atoms with Crippen LogP contribution in [0.15, 0.2) is 53.6 Å². The van der Waals surface area contributed by atoms with E-state index in [0.29, 0.717) is 27.4 Å². The highest BCUT2D eigenvalue weighted by atomic mass is 127. The highest BCUT2D eigenvalue weighted by molar-refractivity contribution is 14.1. The van der Waals surface area contributed by atoms with E-state index < -0.39 is 22.4 Å². The lowest BCUT2D eigenvalue weighted by molar-refractivity contribution is -0.384. The third kappa shape index (κ3) is 6.86. The molecule has 0 spiro atoms. The summed E-state index contributed by atoms with van der Waals surface area (Å²) in [5.41, 5.74) is 1.83. The Bertz CT molecular complexity index is 1250. The van der Waals surface area contributed by atoms with E-state index in [0.717, 1.165) is 24.8 Å². The summed E-state index contributed by atoms with van der Waals surface area (Å²) in [5, 5.41) is 16.1. The quantitative estimate of drug-likeness (QED) is 0.115. The molecule has 178 valence electrons. The molecule has 0 aliphatic carbocycles. The lowest BCUT2D eigenvalue weighted by Crippen LogP contribution is -2.06. The molecule has 0 aromatic heterocycles. The number of nitro groups is 1. The summed E-state index contributed by atoms with van der Waals surface area (Å²) in [7, 11) is 0. The third-order valence-electron chi connectivity index (χ3n) is 4.33. The molecule has 3 aromatic carbocycles. The Morgan fingerprint density at radius 2 is 1.76 bits per heavy atom. The van der Waals surface area contributed by atoms with E-state index in [-0.39, 0.29) is 12.3 Å². The second-order valence-corrected chi connectivity index (χ2v) is 9.86. The van der Waals surface area contributed by atoms with Crippen LogP contribution in [0.1, 0.15) is 16.7 Å². The van der Waals surface area contributed by atoms with Crippen LogP contribution in [0.4, 0.5) is 24.5 Å². The van der Waals surface area contributed by atoms with Crippen LogP contribution < -0.4 is 10.2 Å². The van der Waals surface area contributed by atoms with Crippen LogP contribution in [-0.4, -0.2) is 11.1 Å². The number of rotatable bonds is 7. The summed E-state index contributed by atoms with van der Waals surface area (Å²) in [6.45, 7) is 0.231. The van der Waals surface area contributed by atoms with Gasteiger partial charge in [0.25, 0.3) is 5.69 Å². The van der Waals surface area contributed by atoms with Crippen molar-refractivity contribution in [2.45, 2.75) is 12.8 Å². The van der Waals surface area contributed by atoms with Gasteiger partial charge in [-0.15, -0.1) is 0 Å². The number of hydrogen-bond acceptors (Lipinski definition) is 5. The first kappa shape index (κ1) is 26.8. The molecule has 6 nitrogen and oxygen atoms in total. The predicted octanol–water partition coefficient (Wildman–Crippen LogP) is 8.15. The smallest absolute Gasteiger partial charge is 0.416 e. The Morgan fingerprint density at radius 3 is 2.35 bits per heavy atom. The van der Waals surface area contributed by atoms with E-state index in [1.54, 1.807) is 30.3 Å². The molecule has 0 aliphatic heterocycles. The van der Waals surface area contributed by atoms with Crippen molar-refractivity contribution in [3.63, 3.8) is 0 Å². The summed E-state index contributed by atoms with van der Waals surface area (Å²) >= 11 is 16.3. The Labute approximate surface area is 228 Å². The fourth-order valence-corrected chi connectivity index (χ4v) is 5.30. The van der Waals surface area contributed by atoms with Crippen molar-refractivity contribution in [1.82, 2.24) is 0 Å². The van der Waals surface area contributed by atoms with Gasteiger partial charge in [0.05, 0.1) is 23.8 Å². The van der Waals surface area contributed by atoms with E-state index in [9.17, 15) is 23.3 Å². The number of halogens is 7. The lowest BCUT2D eigenvalue weighted by Gasteiger charge is -2.12. The summed E-state index contributed by atoms with van der Waals surface area (Å²) in [4.78, 5) is 10.3. The van der Waals surface area contributed by atoms with Gasteiger partial charge in [-0.25, -0.2) is 0 Å². The first-order chi connectivity index (χ1) is 16.0. The van der Waals surface area contributed by atoms with Gasteiger partial charge in [-0.05, 0) is 87.1 Å². The van der Waals surface area contributed by atoms with Crippen molar-refractivity contribution >= 4 is 86.0 Å². The molecule has 13 heteroatoms. The van der Waals surface area contributed by atoms with Crippen LogP contribution in [0.3, 0.4) is 0 Å². The molecule has 0 heterocycles. The van der Waals surface area contributed by atoms with Gasteiger partial charge in [-0.2, -0.15) is 18.3 Å². The van der Waals surface area contributed by atoms with Gasteiger partial charge in [-0.1, -0.05) is 29.3 Å². The van der Waals surface area contributed by atoms with Gasteiger partial charge < -0.3 is 4.74 Å². The molecule has 0 saturated heterocycles. The molecule has 1 N–H and O–H groups in total. The van der Waals surface area contributed by atoms with Gasteiger partial charge in [0.1, 0.15) is 18.0 Å². The molecule has 0 radical (unpaired) electrons. The second kappa shape index (κ2) is 11.3. The first-order valence-electron chi connectivity index (χ1n) is 9.16. The van der Waals surface area contributed by atoms with Crippen LogP contribution in [-0.2, 0) is 12.8 Å².